The van der Waals surface area contributed by atoms with Crippen LogP contribution in [-0.4, -0.2) is 9.55 Å². The number of rotatable bonds is 2. The highest BCUT2D eigenvalue weighted by Gasteiger charge is 2.08. The van der Waals surface area contributed by atoms with Crippen molar-refractivity contribution in [2.45, 2.75) is 13.6 Å². The normalized spacial score (nSPS) is 10.8. The fourth-order valence-electron chi connectivity index (χ4n) is 2.14. The second kappa shape index (κ2) is 4.65. The molecule has 0 amide bonds. The number of aromatic nitrogens is 3. The van der Waals surface area contributed by atoms with E-state index in [2.05, 4.69) is 4.98 Å². The highest BCUT2D eigenvalue weighted by atomic mass is 16.1. The first-order valence-corrected chi connectivity index (χ1v) is 6.14. The molecule has 3 rings (SSSR count). The summed E-state index contributed by atoms with van der Waals surface area (Å²) in [7, 11) is 0. The summed E-state index contributed by atoms with van der Waals surface area (Å²) >= 11 is 0. The molecule has 0 bridgehead atoms. The third-order valence-electron chi connectivity index (χ3n) is 3.15. The van der Waals surface area contributed by atoms with Crippen LogP contribution in [0.2, 0.25) is 0 Å². The lowest BCUT2D eigenvalue weighted by Gasteiger charge is -2.04. The number of para-hydroxylation sites is 1. The van der Waals surface area contributed by atoms with Crippen LogP contribution in [0.4, 0.5) is 0 Å². The van der Waals surface area contributed by atoms with Gasteiger partial charge in [-0.2, -0.15) is 4.57 Å². The van der Waals surface area contributed by atoms with Gasteiger partial charge in [0.25, 0.3) is 5.56 Å². The van der Waals surface area contributed by atoms with Crippen molar-refractivity contribution in [1.82, 2.24) is 9.55 Å². The lowest BCUT2D eigenvalue weighted by molar-refractivity contribution is -0.701. The largest absolute Gasteiger partial charge is 0.268 e. The van der Waals surface area contributed by atoms with Gasteiger partial charge in [-0.3, -0.25) is 4.79 Å². The van der Waals surface area contributed by atoms with E-state index in [9.17, 15) is 4.79 Å². The zero-order valence-electron chi connectivity index (χ0n) is 10.7. The zero-order chi connectivity index (χ0) is 13.2. The van der Waals surface area contributed by atoms with E-state index >= 15 is 0 Å². The molecule has 0 aliphatic rings. The van der Waals surface area contributed by atoms with Gasteiger partial charge in [0.1, 0.15) is 6.33 Å². The van der Waals surface area contributed by atoms with Gasteiger partial charge < -0.3 is 0 Å². The van der Waals surface area contributed by atoms with Gasteiger partial charge in [0.15, 0.2) is 12.4 Å². The van der Waals surface area contributed by atoms with Gasteiger partial charge in [0.2, 0.25) is 6.67 Å². The van der Waals surface area contributed by atoms with Gasteiger partial charge in [-0.25, -0.2) is 9.55 Å². The highest BCUT2D eigenvalue weighted by molar-refractivity contribution is 5.80. The molecule has 2 aromatic heterocycles. The van der Waals surface area contributed by atoms with Crippen molar-refractivity contribution in [2.24, 2.45) is 0 Å². The summed E-state index contributed by atoms with van der Waals surface area (Å²) in [4.78, 5) is 16.8. The molecule has 2 heterocycles. The Kier molecular flexibility index (Phi) is 2.83. The van der Waals surface area contributed by atoms with Crippen LogP contribution >= 0.6 is 0 Å². The van der Waals surface area contributed by atoms with Crippen LogP contribution in [0, 0.1) is 6.92 Å². The van der Waals surface area contributed by atoms with Gasteiger partial charge in [0, 0.05) is 12.1 Å². The number of nitrogens with zero attached hydrogens (tertiary/aromatic N) is 3. The second-order valence-electron chi connectivity index (χ2n) is 4.52. The molecular weight excluding hydrogens is 238 g/mol. The van der Waals surface area contributed by atoms with Gasteiger partial charge in [-0.05, 0) is 18.6 Å². The molecule has 0 aliphatic carbocycles. The van der Waals surface area contributed by atoms with Crippen LogP contribution in [0.1, 0.15) is 5.56 Å². The summed E-state index contributed by atoms with van der Waals surface area (Å²) in [6.07, 6.45) is 5.46. The van der Waals surface area contributed by atoms with Crippen LogP contribution in [0.25, 0.3) is 10.9 Å². The van der Waals surface area contributed by atoms with Crippen molar-refractivity contribution in [3.63, 3.8) is 0 Å². The SMILES string of the molecule is Cc1cccc2c(=O)n(C[n+]3ccccc3)cnc12. The van der Waals surface area contributed by atoms with E-state index < -0.39 is 0 Å². The Balaban J connectivity index is 2.11. The summed E-state index contributed by atoms with van der Waals surface area (Å²) in [5, 5.41) is 0.666. The molecule has 0 fully saturated rings. The molecule has 4 heteroatoms. The van der Waals surface area contributed by atoms with Crippen LogP contribution in [0.3, 0.4) is 0 Å². The number of aryl methyl sites for hydroxylation is 1. The fourth-order valence-corrected chi connectivity index (χ4v) is 2.14. The van der Waals surface area contributed by atoms with Crippen LogP contribution in [-0.2, 0) is 6.67 Å². The first kappa shape index (κ1) is 11.6. The summed E-state index contributed by atoms with van der Waals surface area (Å²) in [6.45, 7) is 2.43. The summed E-state index contributed by atoms with van der Waals surface area (Å²) in [6, 6.07) is 11.5. The Labute approximate surface area is 110 Å². The first-order valence-electron chi connectivity index (χ1n) is 6.14. The first-order chi connectivity index (χ1) is 9.25. The molecule has 1 aromatic carbocycles. The molecule has 0 saturated carbocycles. The predicted octanol–water partition coefficient (Wildman–Crippen LogP) is 1.50. The minimum Gasteiger partial charge on any atom is -0.268 e. The summed E-state index contributed by atoms with van der Waals surface area (Å²) in [5.41, 5.74) is 1.79. The number of hydrogen-bond donors (Lipinski definition) is 0. The topological polar surface area (TPSA) is 38.8 Å². The van der Waals surface area contributed by atoms with E-state index in [0.717, 1.165) is 11.1 Å². The Bertz CT molecular complexity index is 778. The predicted molar refractivity (Wildman–Crippen MR) is 72.8 cm³/mol. The maximum Gasteiger partial charge on any atom is 0.266 e. The molecule has 0 aliphatic heterocycles. The Morgan fingerprint density at radius 1 is 1.16 bits per heavy atom. The van der Waals surface area contributed by atoms with E-state index in [-0.39, 0.29) is 5.56 Å². The second-order valence-corrected chi connectivity index (χ2v) is 4.52. The fraction of sp³-hybridized carbons (Fsp3) is 0.133. The third-order valence-corrected chi connectivity index (χ3v) is 3.15. The zero-order valence-corrected chi connectivity index (χ0v) is 10.7. The smallest absolute Gasteiger partial charge is 0.266 e. The highest BCUT2D eigenvalue weighted by Crippen LogP contribution is 2.10. The Morgan fingerprint density at radius 3 is 2.74 bits per heavy atom. The van der Waals surface area contributed by atoms with E-state index in [1.807, 2.05) is 60.3 Å². The van der Waals surface area contributed by atoms with Crippen LogP contribution in [0.15, 0.2) is 59.9 Å². The van der Waals surface area contributed by atoms with Gasteiger partial charge in [0.05, 0.1) is 10.9 Å². The molecule has 0 radical (unpaired) electrons. The maximum absolute atomic E-state index is 12.4. The minimum atomic E-state index is -0.00921. The molecular formula is C15H14N3O+. The van der Waals surface area contributed by atoms with E-state index in [4.69, 9.17) is 0 Å². The number of fused-ring (bicyclic) bond motifs is 1. The number of hydrogen-bond acceptors (Lipinski definition) is 2. The molecule has 94 valence electrons. The molecule has 0 unspecified atom stereocenters. The molecule has 19 heavy (non-hydrogen) atoms. The van der Waals surface area contributed by atoms with Gasteiger partial charge >= 0.3 is 0 Å². The minimum absolute atomic E-state index is 0.00921. The average Bonchev–Trinajstić information content (AvgIpc) is 2.44. The van der Waals surface area contributed by atoms with Crippen molar-refractivity contribution < 1.29 is 4.57 Å². The lowest BCUT2D eigenvalue weighted by Crippen LogP contribution is -2.40. The van der Waals surface area contributed by atoms with Crippen molar-refractivity contribution >= 4 is 10.9 Å². The van der Waals surface area contributed by atoms with Gasteiger partial charge in [-0.1, -0.05) is 18.2 Å². The van der Waals surface area contributed by atoms with E-state index in [1.54, 1.807) is 10.9 Å². The molecule has 0 saturated heterocycles. The monoisotopic (exact) mass is 252 g/mol. The summed E-state index contributed by atoms with van der Waals surface area (Å²) in [5.74, 6) is 0. The van der Waals surface area contributed by atoms with Gasteiger partial charge in [-0.15, -0.1) is 0 Å². The van der Waals surface area contributed by atoms with Crippen molar-refractivity contribution in [2.75, 3.05) is 0 Å². The molecule has 4 nitrogen and oxygen atoms in total. The van der Waals surface area contributed by atoms with E-state index in [1.165, 1.54) is 0 Å². The van der Waals surface area contributed by atoms with Crippen molar-refractivity contribution in [1.29, 1.82) is 0 Å². The van der Waals surface area contributed by atoms with Crippen molar-refractivity contribution in [3.05, 3.63) is 71.0 Å². The quantitative estimate of drug-likeness (QED) is 0.648. The Morgan fingerprint density at radius 2 is 1.95 bits per heavy atom. The third kappa shape index (κ3) is 2.12. The standard InChI is InChI=1S/C15H14N3O/c1-12-6-5-7-13-14(12)16-10-18(15(13)19)11-17-8-3-2-4-9-17/h2-10H,11H2,1H3/q+1. The lowest BCUT2D eigenvalue weighted by atomic mass is 10.1. The van der Waals surface area contributed by atoms with E-state index in [0.29, 0.717) is 12.1 Å². The molecule has 0 spiro atoms. The molecule has 0 atom stereocenters. The number of benzene rings is 1. The molecule has 3 aromatic rings. The van der Waals surface area contributed by atoms with Crippen LogP contribution in [0.5, 0.6) is 0 Å². The average molecular weight is 252 g/mol. The van der Waals surface area contributed by atoms with Crippen LogP contribution < -0.4 is 10.1 Å². The summed E-state index contributed by atoms with van der Waals surface area (Å²) < 4.78 is 3.55. The maximum atomic E-state index is 12.4. The number of pyridine rings is 1. The molecule has 0 N–H and O–H groups in total. The van der Waals surface area contributed by atoms with Crippen molar-refractivity contribution in [3.8, 4) is 0 Å². The Hall–Kier alpha value is -2.49.